The van der Waals surface area contributed by atoms with Crippen LogP contribution in [0.25, 0.3) is 0 Å². The van der Waals surface area contributed by atoms with Crippen LogP contribution in [0, 0.1) is 11.8 Å². The minimum absolute atomic E-state index is 0.0464. The molecule has 23 heavy (non-hydrogen) atoms. The van der Waals surface area contributed by atoms with Crippen LogP contribution >= 0.6 is 11.3 Å². The SMILES string of the molecule is O=C(NC12CC3CC(C1)CC(n1ncnn1)(C3)C2)c1cscn1. The zero-order chi connectivity index (χ0) is 15.5. The number of carbonyl (C=O) groups excluding carboxylic acids is 1. The lowest BCUT2D eigenvalue weighted by molar-refractivity contribution is -0.0810. The van der Waals surface area contributed by atoms with Crippen molar-refractivity contribution in [2.45, 2.75) is 49.6 Å². The lowest BCUT2D eigenvalue weighted by Crippen LogP contribution is -2.66. The number of hydrogen-bond donors (Lipinski definition) is 1. The van der Waals surface area contributed by atoms with Gasteiger partial charge in [0.2, 0.25) is 0 Å². The molecule has 2 aromatic heterocycles. The van der Waals surface area contributed by atoms with Gasteiger partial charge >= 0.3 is 0 Å². The highest BCUT2D eigenvalue weighted by Gasteiger charge is 2.60. The zero-order valence-corrected chi connectivity index (χ0v) is 13.5. The van der Waals surface area contributed by atoms with E-state index >= 15 is 0 Å². The molecule has 4 aliphatic rings. The molecule has 0 saturated heterocycles. The quantitative estimate of drug-likeness (QED) is 0.924. The summed E-state index contributed by atoms with van der Waals surface area (Å²) in [5.41, 5.74) is 2.02. The standard InChI is InChI=1S/C15H18N6OS/c22-13(12-6-23-9-16-12)19-14-2-10-1-11(3-14)5-15(4-10,7-14)21-18-8-17-20-21/h6,8-11H,1-5,7H2,(H,19,22). The fourth-order valence-corrected chi connectivity index (χ4v) is 6.14. The van der Waals surface area contributed by atoms with E-state index in [9.17, 15) is 4.79 Å². The Morgan fingerprint density at radius 2 is 2.13 bits per heavy atom. The van der Waals surface area contributed by atoms with Gasteiger partial charge in [-0.3, -0.25) is 4.79 Å². The van der Waals surface area contributed by atoms with Crippen molar-refractivity contribution < 1.29 is 4.79 Å². The maximum absolute atomic E-state index is 12.6. The monoisotopic (exact) mass is 330 g/mol. The molecule has 4 aliphatic carbocycles. The van der Waals surface area contributed by atoms with E-state index in [1.807, 2.05) is 10.2 Å². The van der Waals surface area contributed by atoms with Crippen LogP contribution in [-0.4, -0.2) is 36.6 Å². The van der Waals surface area contributed by atoms with Crippen LogP contribution < -0.4 is 5.32 Å². The molecule has 2 heterocycles. The van der Waals surface area contributed by atoms with Crippen molar-refractivity contribution in [2.75, 3.05) is 0 Å². The third kappa shape index (κ3) is 2.04. The van der Waals surface area contributed by atoms with Gasteiger partial charge in [0.05, 0.1) is 11.0 Å². The lowest BCUT2D eigenvalue weighted by atomic mass is 9.50. The third-order valence-electron chi connectivity index (χ3n) is 5.85. The molecular weight excluding hydrogens is 312 g/mol. The summed E-state index contributed by atoms with van der Waals surface area (Å²) in [7, 11) is 0. The van der Waals surface area contributed by atoms with Crippen LogP contribution in [0.2, 0.25) is 0 Å². The molecule has 0 spiro atoms. The highest BCUT2D eigenvalue weighted by molar-refractivity contribution is 7.07. The van der Waals surface area contributed by atoms with Crippen LogP contribution in [0.5, 0.6) is 0 Å². The van der Waals surface area contributed by atoms with Gasteiger partial charge in [0, 0.05) is 10.9 Å². The second-order valence-corrected chi connectivity index (χ2v) is 8.24. The van der Waals surface area contributed by atoms with Gasteiger partial charge in [-0.25, -0.2) is 4.98 Å². The van der Waals surface area contributed by atoms with Gasteiger partial charge in [-0.1, -0.05) is 0 Å². The van der Waals surface area contributed by atoms with Gasteiger partial charge in [-0.05, 0) is 55.6 Å². The van der Waals surface area contributed by atoms with Gasteiger partial charge in [-0.15, -0.1) is 21.5 Å². The molecule has 4 fully saturated rings. The Labute approximate surface area is 137 Å². The average Bonchev–Trinajstić information content (AvgIpc) is 3.20. The number of nitrogens with one attached hydrogen (secondary N) is 1. The fourth-order valence-electron chi connectivity index (χ4n) is 5.61. The number of carbonyl (C=O) groups is 1. The number of nitrogens with zero attached hydrogens (tertiary/aromatic N) is 5. The molecule has 1 amide bonds. The highest BCUT2D eigenvalue weighted by Crippen LogP contribution is 2.60. The van der Waals surface area contributed by atoms with Gasteiger partial charge in [0.15, 0.2) is 6.33 Å². The summed E-state index contributed by atoms with van der Waals surface area (Å²) in [6, 6.07) is 0. The second kappa shape index (κ2) is 4.59. The van der Waals surface area contributed by atoms with E-state index < -0.39 is 0 Å². The second-order valence-electron chi connectivity index (χ2n) is 7.52. The minimum Gasteiger partial charge on any atom is -0.345 e. The summed E-state index contributed by atoms with van der Waals surface area (Å²) in [6.07, 6.45) is 8.02. The normalized spacial score (nSPS) is 37.9. The van der Waals surface area contributed by atoms with Crippen molar-refractivity contribution in [2.24, 2.45) is 11.8 Å². The Bertz CT molecular complexity index is 713. The Hall–Kier alpha value is -1.83. The van der Waals surface area contributed by atoms with Crippen LogP contribution in [0.15, 0.2) is 17.2 Å². The van der Waals surface area contributed by atoms with E-state index in [1.165, 1.54) is 24.1 Å². The first kappa shape index (κ1) is 13.6. The summed E-state index contributed by atoms with van der Waals surface area (Å²) in [5, 5.41) is 17.6. The molecule has 4 saturated carbocycles. The first-order valence-corrected chi connectivity index (χ1v) is 9.05. The minimum atomic E-state index is -0.140. The van der Waals surface area contributed by atoms with E-state index in [4.69, 9.17) is 0 Å². The van der Waals surface area contributed by atoms with Crippen LogP contribution in [0.4, 0.5) is 0 Å². The molecule has 2 aromatic rings. The molecule has 8 heteroatoms. The molecule has 4 bridgehead atoms. The molecule has 0 aromatic carbocycles. The Kier molecular flexibility index (Phi) is 2.72. The van der Waals surface area contributed by atoms with Crippen molar-refractivity contribution in [3.8, 4) is 0 Å². The topological polar surface area (TPSA) is 85.6 Å². The number of thiazole rings is 1. The molecule has 2 atom stereocenters. The van der Waals surface area contributed by atoms with E-state index in [-0.39, 0.29) is 17.0 Å². The maximum atomic E-state index is 12.6. The first-order chi connectivity index (χ1) is 11.2. The molecule has 6 rings (SSSR count). The molecule has 0 aliphatic heterocycles. The molecule has 120 valence electrons. The zero-order valence-electron chi connectivity index (χ0n) is 12.7. The van der Waals surface area contributed by atoms with Crippen LogP contribution in [0.3, 0.4) is 0 Å². The Morgan fingerprint density at radius 3 is 2.78 bits per heavy atom. The van der Waals surface area contributed by atoms with Gasteiger partial charge < -0.3 is 5.32 Å². The number of aromatic nitrogens is 5. The van der Waals surface area contributed by atoms with Gasteiger partial charge in [0.1, 0.15) is 5.69 Å². The predicted octanol–water partition coefficient (Wildman–Crippen LogP) is 1.61. The van der Waals surface area contributed by atoms with Crippen molar-refractivity contribution in [1.29, 1.82) is 0 Å². The van der Waals surface area contributed by atoms with Crippen molar-refractivity contribution in [3.05, 3.63) is 22.9 Å². The molecule has 2 unspecified atom stereocenters. The van der Waals surface area contributed by atoms with Crippen LogP contribution in [-0.2, 0) is 5.54 Å². The van der Waals surface area contributed by atoms with E-state index in [0.29, 0.717) is 17.5 Å². The van der Waals surface area contributed by atoms with Gasteiger partial charge in [0.25, 0.3) is 5.91 Å². The third-order valence-corrected chi connectivity index (χ3v) is 6.43. The number of amides is 1. The van der Waals surface area contributed by atoms with E-state index in [0.717, 1.165) is 32.1 Å². The maximum Gasteiger partial charge on any atom is 0.271 e. The van der Waals surface area contributed by atoms with E-state index in [1.54, 1.807) is 5.51 Å². The molecule has 0 radical (unpaired) electrons. The lowest BCUT2D eigenvalue weighted by Gasteiger charge is -2.61. The summed E-state index contributed by atoms with van der Waals surface area (Å²) in [5.74, 6) is 1.23. The molecular formula is C15H18N6OS. The Balaban J connectivity index is 1.48. The fraction of sp³-hybridized carbons (Fsp3) is 0.667. The van der Waals surface area contributed by atoms with Crippen molar-refractivity contribution in [3.63, 3.8) is 0 Å². The molecule has 1 N–H and O–H groups in total. The largest absolute Gasteiger partial charge is 0.345 e. The number of hydrogen-bond acceptors (Lipinski definition) is 6. The van der Waals surface area contributed by atoms with E-state index in [2.05, 4.69) is 25.7 Å². The summed E-state index contributed by atoms with van der Waals surface area (Å²) < 4.78 is 0. The van der Waals surface area contributed by atoms with Crippen molar-refractivity contribution >= 4 is 17.2 Å². The molecule has 7 nitrogen and oxygen atoms in total. The summed E-state index contributed by atoms with van der Waals surface area (Å²) in [6.45, 7) is 0. The van der Waals surface area contributed by atoms with Gasteiger partial charge in [-0.2, -0.15) is 4.80 Å². The van der Waals surface area contributed by atoms with Crippen molar-refractivity contribution in [1.82, 2.24) is 30.5 Å². The highest BCUT2D eigenvalue weighted by atomic mass is 32.1. The van der Waals surface area contributed by atoms with Crippen LogP contribution in [0.1, 0.15) is 49.0 Å². The number of rotatable bonds is 3. The number of tetrazole rings is 1. The average molecular weight is 330 g/mol. The smallest absolute Gasteiger partial charge is 0.271 e. The predicted molar refractivity (Wildman–Crippen MR) is 82.8 cm³/mol. The first-order valence-electron chi connectivity index (χ1n) is 8.11. The Morgan fingerprint density at radius 1 is 1.30 bits per heavy atom. The summed E-state index contributed by atoms with van der Waals surface area (Å²) >= 11 is 1.45. The summed E-state index contributed by atoms with van der Waals surface area (Å²) in [4.78, 5) is 18.5.